The van der Waals surface area contributed by atoms with E-state index in [4.69, 9.17) is 21.3 Å². The first kappa shape index (κ1) is 21.3. The monoisotopic (exact) mass is 395 g/mol. The number of amides is 1. The summed E-state index contributed by atoms with van der Waals surface area (Å²) in [6.45, 7) is 10.6. The Bertz CT molecular complexity index is 642. The topological polar surface area (TPSA) is 78.9 Å². The number of aliphatic imine (C=N–C) groups is 1. The van der Waals surface area contributed by atoms with Gasteiger partial charge in [-0.3, -0.25) is 4.99 Å². The number of alkyl carbamates (subject to hydrolysis) is 1. The highest BCUT2D eigenvalue weighted by molar-refractivity contribution is 6.29. The van der Waals surface area contributed by atoms with Gasteiger partial charge < -0.3 is 20.3 Å². The van der Waals surface area contributed by atoms with Gasteiger partial charge in [-0.15, -0.1) is 0 Å². The Hall–Kier alpha value is -2.02. The van der Waals surface area contributed by atoms with Crippen molar-refractivity contribution in [3.05, 3.63) is 29.0 Å². The summed E-state index contributed by atoms with van der Waals surface area (Å²) in [6, 6.07) is 3.82. The number of carbonyl (C=O) groups excluding carboxylic acids is 1. The van der Waals surface area contributed by atoms with Crippen LogP contribution in [0.5, 0.6) is 0 Å². The number of ether oxygens (including phenoxy) is 1. The molecule has 2 rings (SSSR count). The lowest BCUT2D eigenvalue weighted by molar-refractivity contribution is 0.0507. The molecule has 0 spiro atoms. The van der Waals surface area contributed by atoms with Crippen molar-refractivity contribution in [2.45, 2.75) is 52.2 Å². The highest BCUT2D eigenvalue weighted by Gasteiger charge is 2.27. The van der Waals surface area contributed by atoms with Gasteiger partial charge in [0.15, 0.2) is 5.96 Å². The second kappa shape index (κ2) is 9.78. The van der Waals surface area contributed by atoms with E-state index in [-0.39, 0.29) is 12.1 Å². The highest BCUT2D eigenvalue weighted by Crippen LogP contribution is 2.12. The second-order valence-electron chi connectivity index (χ2n) is 7.55. The lowest BCUT2D eigenvalue weighted by Gasteiger charge is -2.23. The predicted molar refractivity (Wildman–Crippen MR) is 108 cm³/mol. The normalized spacial score (nSPS) is 17.7. The fourth-order valence-corrected chi connectivity index (χ4v) is 2.93. The van der Waals surface area contributed by atoms with Crippen LogP contribution in [-0.4, -0.2) is 59.8 Å². The summed E-state index contributed by atoms with van der Waals surface area (Å²) < 4.78 is 5.34. The number of carbonyl (C=O) groups is 1. The van der Waals surface area contributed by atoms with Crippen molar-refractivity contribution in [2.75, 3.05) is 26.2 Å². The van der Waals surface area contributed by atoms with Gasteiger partial charge in [-0.05, 0) is 52.2 Å². The molecule has 1 aliphatic heterocycles. The maximum Gasteiger partial charge on any atom is 0.407 e. The van der Waals surface area contributed by atoms with Crippen LogP contribution in [0, 0.1) is 0 Å². The van der Waals surface area contributed by atoms with Gasteiger partial charge in [-0.2, -0.15) is 0 Å². The molecule has 1 fully saturated rings. The number of guanidine groups is 1. The number of aromatic nitrogens is 1. The largest absolute Gasteiger partial charge is 0.444 e. The summed E-state index contributed by atoms with van der Waals surface area (Å²) >= 11 is 5.81. The minimum absolute atomic E-state index is 0.0594. The van der Waals surface area contributed by atoms with Crippen molar-refractivity contribution in [1.82, 2.24) is 20.5 Å². The third kappa shape index (κ3) is 7.62. The number of rotatable bonds is 5. The molecule has 0 bridgehead atoms. The van der Waals surface area contributed by atoms with Crippen LogP contribution in [0.25, 0.3) is 0 Å². The van der Waals surface area contributed by atoms with Crippen molar-refractivity contribution < 1.29 is 9.53 Å². The number of halogens is 1. The summed E-state index contributed by atoms with van der Waals surface area (Å²) in [5.41, 5.74) is 0.611. The molecule has 0 aliphatic carbocycles. The van der Waals surface area contributed by atoms with Crippen molar-refractivity contribution in [3.8, 4) is 0 Å². The van der Waals surface area contributed by atoms with E-state index in [1.54, 1.807) is 12.3 Å². The molecule has 1 aromatic heterocycles. The summed E-state index contributed by atoms with van der Waals surface area (Å²) in [6.07, 6.45) is 3.07. The number of hydrogen-bond donors (Lipinski definition) is 2. The molecule has 0 saturated carbocycles. The standard InChI is InChI=1S/C19H30ClN5O2/c1-5-21-17(22-10-8-14-6-7-16(20)23-12-14)25-11-9-15(13-25)24-18(26)27-19(2,3)4/h6-7,12,15H,5,8-11,13H2,1-4H3,(H,21,22)(H,24,26)/t15-/m1/s1. The molecule has 2 N–H and O–H groups in total. The Labute approximate surface area is 166 Å². The van der Waals surface area contributed by atoms with E-state index in [1.807, 2.05) is 33.8 Å². The molecule has 150 valence electrons. The Balaban J connectivity index is 1.86. The summed E-state index contributed by atoms with van der Waals surface area (Å²) in [7, 11) is 0. The summed E-state index contributed by atoms with van der Waals surface area (Å²) in [5, 5.41) is 6.77. The first-order valence-electron chi connectivity index (χ1n) is 9.40. The van der Waals surface area contributed by atoms with E-state index in [0.717, 1.165) is 37.5 Å². The van der Waals surface area contributed by atoms with Gasteiger partial charge in [0.25, 0.3) is 0 Å². The zero-order valence-corrected chi connectivity index (χ0v) is 17.3. The van der Waals surface area contributed by atoms with Crippen molar-refractivity contribution >= 4 is 23.7 Å². The number of hydrogen-bond acceptors (Lipinski definition) is 4. The molecule has 1 amide bonds. The van der Waals surface area contributed by atoms with Crippen LogP contribution in [0.2, 0.25) is 5.15 Å². The molecule has 1 aromatic rings. The van der Waals surface area contributed by atoms with Gasteiger partial charge in [0.1, 0.15) is 10.8 Å². The van der Waals surface area contributed by atoms with Gasteiger partial charge in [0.2, 0.25) is 0 Å². The van der Waals surface area contributed by atoms with E-state index in [9.17, 15) is 4.79 Å². The van der Waals surface area contributed by atoms with Gasteiger partial charge in [-0.25, -0.2) is 9.78 Å². The fraction of sp³-hybridized carbons (Fsp3) is 0.632. The van der Waals surface area contributed by atoms with Gasteiger partial charge >= 0.3 is 6.09 Å². The third-order valence-electron chi connectivity index (χ3n) is 3.99. The van der Waals surface area contributed by atoms with Crippen molar-refractivity contribution in [3.63, 3.8) is 0 Å². The van der Waals surface area contributed by atoms with Gasteiger partial charge in [-0.1, -0.05) is 17.7 Å². The first-order valence-corrected chi connectivity index (χ1v) is 9.78. The highest BCUT2D eigenvalue weighted by atomic mass is 35.5. The van der Waals surface area contributed by atoms with E-state index >= 15 is 0 Å². The smallest absolute Gasteiger partial charge is 0.407 e. The number of nitrogens with zero attached hydrogens (tertiary/aromatic N) is 3. The third-order valence-corrected chi connectivity index (χ3v) is 4.22. The van der Waals surface area contributed by atoms with Crippen molar-refractivity contribution in [1.29, 1.82) is 0 Å². The molecular weight excluding hydrogens is 366 g/mol. The Kier molecular flexibility index (Phi) is 7.71. The average molecular weight is 396 g/mol. The molecule has 7 nitrogen and oxygen atoms in total. The number of pyridine rings is 1. The van der Waals surface area contributed by atoms with Crippen LogP contribution in [0.4, 0.5) is 4.79 Å². The van der Waals surface area contributed by atoms with Gasteiger partial charge in [0.05, 0.1) is 6.04 Å². The molecule has 1 saturated heterocycles. The zero-order chi connectivity index (χ0) is 19.9. The van der Waals surface area contributed by atoms with Gasteiger partial charge in [0, 0.05) is 32.4 Å². The quantitative estimate of drug-likeness (QED) is 0.455. The van der Waals surface area contributed by atoms with Crippen LogP contribution in [0.15, 0.2) is 23.3 Å². The minimum Gasteiger partial charge on any atom is -0.444 e. The SMILES string of the molecule is CCNC(=NCCc1ccc(Cl)nc1)N1CC[C@@H](NC(=O)OC(C)(C)C)C1. The Morgan fingerprint density at radius 2 is 2.22 bits per heavy atom. The van der Waals surface area contributed by atoms with Crippen LogP contribution in [0.1, 0.15) is 39.7 Å². The fourth-order valence-electron chi connectivity index (χ4n) is 2.82. The second-order valence-corrected chi connectivity index (χ2v) is 7.94. The minimum atomic E-state index is -0.491. The van der Waals surface area contributed by atoms with Crippen LogP contribution < -0.4 is 10.6 Å². The Morgan fingerprint density at radius 1 is 1.44 bits per heavy atom. The molecule has 0 radical (unpaired) electrons. The van der Waals surface area contributed by atoms with Crippen LogP contribution in [-0.2, 0) is 11.2 Å². The maximum absolute atomic E-state index is 12.0. The summed E-state index contributed by atoms with van der Waals surface area (Å²) in [4.78, 5) is 22.9. The molecule has 1 atom stereocenters. The lowest BCUT2D eigenvalue weighted by Crippen LogP contribution is -2.44. The molecule has 0 unspecified atom stereocenters. The lowest BCUT2D eigenvalue weighted by atomic mass is 10.2. The van der Waals surface area contributed by atoms with E-state index in [1.165, 1.54) is 0 Å². The van der Waals surface area contributed by atoms with Crippen LogP contribution >= 0.6 is 11.6 Å². The Morgan fingerprint density at radius 3 is 2.85 bits per heavy atom. The summed E-state index contributed by atoms with van der Waals surface area (Å²) in [5.74, 6) is 0.868. The van der Waals surface area contributed by atoms with Crippen molar-refractivity contribution in [2.24, 2.45) is 4.99 Å². The molecule has 27 heavy (non-hydrogen) atoms. The molecule has 2 heterocycles. The molecule has 0 aromatic carbocycles. The first-order chi connectivity index (χ1) is 12.8. The molecule has 1 aliphatic rings. The van der Waals surface area contributed by atoms with E-state index in [0.29, 0.717) is 18.2 Å². The predicted octanol–water partition coefficient (Wildman–Crippen LogP) is 2.84. The van der Waals surface area contributed by atoms with E-state index in [2.05, 4.69) is 20.5 Å². The molecule has 8 heteroatoms. The zero-order valence-electron chi connectivity index (χ0n) is 16.6. The molecular formula is C19H30ClN5O2. The number of nitrogens with one attached hydrogen (secondary N) is 2. The maximum atomic E-state index is 12.0. The average Bonchev–Trinajstić information content (AvgIpc) is 3.02. The number of likely N-dealkylation sites (tertiary alicyclic amines) is 1. The van der Waals surface area contributed by atoms with Crippen LogP contribution in [0.3, 0.4) is 0 Å². The van der Waals surface area contributed by atoms with E-state index < -0.39 is 5.60 Å².